The molecule has 0 saturated heterocycles. The molecule has 3 aliphatic rings. The van der Waals surface area contributed by atoms with Crippen LogP contribution in [0.1, 0.15) is 29.8 Å². The fourth-order valence-corrected chi connectivity index (χ4v) is 4.37. The molecule has 0 amide bonds. The summed E-state index contributed by atoms with van der Waals surface area (Å²) in [4.78, 5) is 13.5. The number of rotatable bonds is 2. The minimum atomic E-state index is -0.177. The molecule has 2 heterocycles. The van der Waals surface area contributed by atoms with Crippen molar-refractivity contribution in [1.82, 2.24) is 0 Å². The molecule has 0 N–H and O–H groups in total. The van der Waals surface area contributed by atoms with Crippen LogP contribution in [0.3, 0.4) is 0 Å². The van der Waals surface area contributed by atoms with Crippen LogP contribution in [0.2, 0.25) is 0 Å². The standard InChI is InChI=1S/C22H22O7/c1-10-5-12-6-14-19(28-8-26-14)21(24-3)16(12)17-13(18(23)11(10)2)7-15-20(22(17)25-4)29-9-27-15/h6-7,10-11H,5,8-9H2,1-4H3/t10-,11-/m0/s1. The van der Waals surface area contributed by atoms with E-state index < -0.39 is 0 Å². The highest BCUT2D eigenvalue weighted by atomic mass is 16.7. The van der Waals surface area contributed by atoms with Crippen LogP contribution in [-0.4, -0.2) is 33.6 Å². The van der Waals surface area contributed by atoms with Gasteiger partial charge in [0.25, 0.3) is 0 Å². The van der Waals surface area contributed by atoms with Gasteiger partial charge in [-0.05, 0) is 30.0 Å². The number of benzene rings is 2. The van der Waals surface area contributed by atoms with Crippen molar-refractivity contribution in [2.45, 2.75) is 20.3 Å². The number of ether oxygens (including phenoxy) is 6. The molecule has 0 fully saturated rings. The molecule has 2 atom stereocenters. The third kappa shape index (κ3) is 2.46. The number of methoxy groups -OCH3 is 2. The first kappa shape index (κ1) is 18.0. The zero-order valence-corrected chi connectivity index (χ0v) is 16.8. The molecule has 7 nitrogen and oxygen atoms in total. The molecule has 152 valence electrons. The molecule has 29 heavy (non-hydrogen) atoms. The molecule has 5 rings (SSSR count). The lowest BCUT2D eigenvalue weighted by atomic mass is 9.77. The second-order valence-corrected chi connectivity index (χ2v) is 7.58. The molecule has 2 aromatic carbocycles. The number of hydrogen-bond donors (Lipinski definition) is 0. The maximum absolute atomic E-state index is 13.5. The average Bonchev–Trinajstić information content (AvgIpc) is 3.38. The van der Waals surface area contributed by atoms with E-state index in [0.717, 1.165) is 11.1 Å². The van der Waals surface area contributed by atoms with Crippen LogP contribution in [0.4, 0.5) is 0 Å². The first-order valence-corrected chi connectivity index (χ1v) is 9.59. The van der Waals surface area contributed by atoms with Crippen molar-refractivity contribution in [3.05, 3.63) is 23.3 Å². The van der Waals surface area contributed by atoms with Gasteiger partial charge in [-0.25, -0.2) is 0 Å². The molecule has 0 spiro atoms. The smallest absolute Gasteiger partial charge is 0.231 e. The van der Waals surface area contributed by atoms with Crippen molar-refractivity contribution >= 4 is 5.78 Å². The predicted molar refractivity (Wildman–Crippen MR) is 104 cm³/mol. The van der Waals surface area contributed by atoms with Gasteiger partial charge in [-0.15, -0.1) is 0 Å². The van der Waals surface area contributed by atoms with Gasteiger partial charge in [0.2, 0.25) is 25.1 Å². The Hall–Kier alpha value is -3.09. The second-order valence-electron chi connectivity index (χ2n) is 7.58. The number of hydrogen-bond acceptors (Lipinski definition) is 7. The van der Waals surface area contributed by atoms with Gasteiger partial charge < -0.3 is 28.4 Å². The molecule has 2 aliphatic heterocycles. The van der Waals surface area contributed by atoms with Crippen LogP contribution in [0, 0.1) is 11.8 Å². The van der Waals surface area contributed by atoms with E-state index in [1.807, 2.05) is 13.0 Å². The quantitative estimate of drug-likeness (QED) is 0.761. The third-order valence-corrected chi connectivity index (χ3v) is 6.05. The zero-order valence-electron chi connectivity index (χ0n) is 16.8. The van der Waals surface area contributed by atoms with Crippen LogP contribution in [0.5, 0.6) is 34.5 Å². The normalized spacial score (nSPS) is 21.2. The summed E-state index contributed by atoms with van der Waals surface area (Å²) in [6.07, 6.45) is 0.687. The van der Waals surface area contributed by atoms with E-state index in [1.54, 1.807) is 20.3 Å². The van der Waals surface area contributed by atoms with Crippen molar-refractivity contribution in [1.29, 1.82) is 0 Å². The minimum absolute atomic E-state index is 0.0365. The van der Waals surface area contributed by atoms with Crippen LogP contribution < -0.4 is 28.4 Å². The van der Waals surface area contributed by atoms with Crippen LogP contribution in [0.15, 0.2) is 12.1 Å². The Kier molecular flexibility index (Phi) is 4.01. The zero-order chi connectivity index (χ0) is 20.3. The first-order valence-electron chi connectivity index (χ1n) is 9.59. The van der Waals surface area contributed by atoms with Crippen molar-refractivity contribution in [2.24, 2.45) is 11.8 Å². The van der Waals surface area contributed by atoms with Crippen LogP contribution in [-0.2, 0) is 6.42 Å². The highest BCUT2D eigenvalue weighted by molar-refractivity contribution is 6.08. The van der Waals surface area contributed by atoms with E-state index >= 15 is 0 Å². The lowest BCUT2D eigenvalue weighted by molar-refractivity contribution is 0.0892. The lowest BCUT2D eigenvalue weighted by Crippen LogP contribution is -2.24. The Balaban J connectivity index is 1.92. The molecule has 0 unspecified atom stereocenters. The summed E-state index contributed by atoms with van der Waals surface area (Å²) < 4.78 is 34.1. The lowest BCUT2D eigenvalue weighted by Gasteiger charge is -2.28. The maximum atomic E-state index is 13.5. The Morgan fingerprint density at radius 3 is 2.07 bits per heavy atom. The summed E-state index contributed by atoms with van der Waals surface area (Å²) in [6.45, 7) is 4.26. The van der Waals surface area contributed by atoms with Crippen molar-refractivity contribution in [3.63, 3.8) is 0 Å². The summed E-state index contributed by atoms with van der Waals surface area (Å²) in [7, 11) is 3.15. The fourth-order valence-electron chi connectivity index (χ4n) is 4.37. The molecular weight excluding hydrogens is 376 g/mol. The Morgan fingerprint density at radius 1 is 0.862 bits per heavy atom. The highest BCUT2D eigenvalue weighted by Crippen LogP contribution is 2.57. The fraction of sp³-hybridized carbons (Fsp3) is 0.409. The van der Waals surface area contributed by atoms with Gasteiger partial charge in [0, 0.05) is 22.6 Å². The third-order valence-electron chi connectivity index (χ3n) is 6.05. The highest BCUT2D eigenvalue weighted by Gasteiger charge is 2.38. The van der Waals surface area contributed by atoms with Crippen molar-refractivity contribution in [3.8, 4) is 45.6 Å². The molecule has 0 aromatic heterocycles. The Morgan fingerprint density at radius 2 is 1.45 bits per heavy atom. The van der Waals surface area contributed by atoms with Gasteiger partial charge in [0.05, 0.1) is 14.2 Å². The second kappa shape index (κ2) is 6.47. The maximum Gasteiger partial charge on any atom is 0.231 e. The number of Topliss-reactive ketones (excluding diaryl/α,β-unsaturated/α-hetero) is 1. The summed E-state index contributed by atoms with van der Waals surface area (Å²) in [6, 6.07) is 3.73. The number of fused-ring (bicyclic) bond motifs is 5. The monoisotopic (exact) mass is 398 g/mol. The molecular formula is C22H22O7. The molecule has 0 radical (unpaired) electrons. The topological polar surface area (TPSA) is 72.5 Å². The van der Waals surface area contributed by atoms with Gasteiger partial charge in [-0.3, -0.25) is 4.79 Å². The SMILES string of the molecule is COc1c2c(cc3c1-c1c(cc4c(c1OC)OCO4)C(=O)[C@@H](C)[C@@H](C)C3)OCO2. The summed E-state index contributed by atoms with van der Waals surface area (Å²) in [5.41, 5.74) is 2.96. The molecule has 0 bridgehead atoms. The van der Waals surface area contributed by atoms with E-state index in [4.69, 9.17) is 28.4 Å². The van der Waals surface area contributed by atoms with Gasteiger partial charge in [-0.1, -0.05) is 13.8 Å². The largest absolute Gasteiger partial charge is 0.492 e. The van der Waals surface area contributed by atoms with E-state index in [1.165, 1.54) is 0 Å². The van der Waals surface area contributed by atoms with Gasteiger partial charge in [-0.2, -0.15) is 0 Å². The van der Waals surface area contributed by atoms with Crippen molar-refractivity contribution < 1.29 is 33.2 Å². The van der Waals surface area contributed by atoms with Crippen LogP contribution >= 0.6 is 0 Å². The Labute approximate surface area is 168 Å². The summed E-state index contributed by atoms with van der Waals surface area (Å²) in [5, 5.41) is 0. The molecule has 2 aromatic rings. The van der Waals surface area contributed by atoms with E-state index in [9.17, 15) is 4.79 Å². The number of carbonyl (C=O) groups is 1. The number of carbonyl (C=O) groups excluding carboxylic acids is 1. The van der Waals surface area contributed by atoms with E-state index in [-0.39, 0.29) is 31.2 Å². The van der Waals surface area contributed by atoms with E-state index in [2.05, 4.69) is 6.92 Å². The first-order chi connectivity index (χ1) is 14.0. The Bertz CT molecular complexity index is 1030. The van der Waals surface area contributed by atoms with Crippen molar-refractivity contribution in [2.75, 3.05) is 27.8 Å². The summed E-state index contributed by atoms with van der Waals surface area (Å²) in [5.74, 6) is 3.15. The van der Waals surface area contributed by atoms with Gasteiger partial charge >= 0.3 is 0 Å². The van der Waals surface area contributed by atoms with Crippen LogP contribution in [0.25, 0.3) is 11.1 Å². The van der Waals surface area contributed by atoms with Gasteiger partial charge in [0.1, 0.15) is 0 Å². The van der Waals surface area contributed by atoms with Gasteiger partial charge in [0.15, 0.2) is 28.8 Å². The summed E-state index contributed by atoms with van der Waals surface area (Å²) >= 11 is 0. The minimum Gasteiger partial charge on any atom is -0.492 e. The predicted octanol–water partition coefficient (Wildman–Crippen LogP) is 3.84. The average molecular weight is 398 g/mol. The number of ketones is 1. The molecule has 1 aliphatic carbocycles. The molecule has 0 saturated carbocycles. The molecule has 7 heteroatoms. The van der Waals surface area contributed by atoms with E-state index in [0.29, 0.717) is 52.0 Å².